The Balaban J connectivity index is 1.65. The Morgan fingerprint density at radius 1 is 1.38 bits per heavy atom. The van der Waals surface area contributed by atoms with E-state index >= 15 is 0 Å². The summed E-state index contributed by atoms with van der Waals surface area (Å²) in [5.41, 5.74) is 0.599. The molecular formula is C15H19N7O2. The fourth-order valence-electron chi connectivity index (χ4n) is 2.71. The maximum Gasteiger partial charge on any atom is 0.319 e. The third kappa shape index (κ3) is 3.19. The highest BCUT2D eigenvalue weighted by Gasteiger charge is 2.33. The molecular weight excluding hydrogens is 310 g/mol. The first-order valence-corrected chi connectivity index (χ1v) is 7.65. The maximum absolute atomic E-state index is 12.3. The van der Waals surface area contributed by atoms with Gasteiger partial charge >= 0.3 is 6.03 Å². The standard InChI is InChI=1S/C15H19N7O2/c1-21(2)14(23)11-5-6-12-19-20-13(22(11)12)9-17-15(24)18-10-4-3-7-16-8-10/h3-4,7-8,11H,5-6,9H2,1-2H3,(H2,17,18,24). The quantitative estimate of drug-likeness (QED) is 0.853. The number of hydrogen-bond acceptors (Lipinski definition) is 5. The second-order valence-corrected chi connectivity index (χ2v) is 5.74. The van der Waals surface area contributed by atoms with Crippen LogP contribution in [0.3, 0.4) is 0 Å². The van der Waals surface area contributed by atoms with Crippen molar-refractivity contribution < 1.29 is 9.59 Å². The highest BCUT2D eigenvalue weighted by atomic mass is 16.2. The Hall–Kier alpha value is -2.97. The van der Waals surface area contributed by atoms with Crippen LogP contribution in [0.5, 0.6) is 0 Å². The first-order valence-electron chi connectivity index (χ1n) is 7.65. The van der Waals surface area contributed by atoms with Crippen molar-refractivity contribution in [3.05, 3.63) is 36.2 Å². The summed E-state index contributed by atoms with van der Waals surface area (Å²) in [7, 11) is 3.45. The van der Waals surface area contributed by atoms with Crippen LogP contribution in [0.2, 0.25) is 0 Å². The SMILES string of the molecule is CN(C)C(=O)C1CCc2nnc(CNC(=O)Nc3cccnc3)n21. The van der Waals surface area contributed by atoms with Gasteiger partial charge in [-0.05, 0) is 18.6 Å². The van der Waals surface area contributed by atoms with Crippen LogP contribution in [-0.4, -0.2) is 50.7 Å². The second-order valence-electron chi connectivity index (χ2n) is 5.74. The number of urea groups is 1. The van der Waals surface area contributed by atoms with Crippen LogP contribution in [0.25, 0.3) is 0 Å². The van der Waals surface area contributed by atoms with Gasteiger partial charge in [0.25, 0.3) is 0 Å². The normalized spacial score (nSPS) is 15.7. The van der Waals surface area contributed by atoms with E-state index in [1.54, 1.807) is 43.5 Å². The second kappa shape index (κ2) is 6.65. The summed E-state index contributed by atoms with van der Waals surface area (Å²) in [6.07, 6.45) is 4.60. The van der Waals surface area contributed by atoms with E-state index in [-0.39, 0.29) is 24.5 Å². The summed E-state index contributed by atoms with van der Waals surface area (Å²) in [5.74, 6) is 1.36. The van der Waals surface area contributed by atoms with Crippen LogP contribution >= 0.6 is 0 Å². The van der Waals surface area contributed by atoms with Crippen LogP contribution in [0, 0.1) is 0 Å². The Kier molecular flexibility index (Phi) is 4.41. The molecule has 1 aliphatic heterocycles. The van der Waals surface area contributed by atoms with E-state index in [2.05, 4.69) is 25.8 Å². The highest BCUT2D eigenvalue weighted by molar-refractivity contribution is 5.88. The van der Waals surface area contributed by atoms with E-state index in [1.165, 1.54) is 0 Å². The van der Waals surface area contributed by atoms with Gasteiger partial charge in [0.2, 0.25) is 5.91 Å². The van der Waals surface area contributed by atoms with E-state index in [0.29, 0.717) is 24.4 Å². The Bertz CT molecular complexity index is 742. The zero-order chi connectivity index (χ0) is 17.1. The van der Waals surface area contributed by atoms with Crippen molar-refractivity contribution >= 4 is 17.6 Å². The molecule has 2 N–H and O–H groups in total. The molecule has 0 fully saturated rings. The molecule has 0 radical (unpaired) electrons. The number of likely N-dealkylation sites (N-methyl/N-ethyl adjacent to an activating group) is 1. The van der Waals surface area contributed by atoms with Crippen molar-refractivity contribution in [2.45, 2.75) is 25.4 Å². The lowest BCUT2D eigenvalue weighted by Gasteiger charge is -2.19. The molecule has 1 atom stereocenters. The summed E-state index contributed by atoms with van der Waals surface area (Å²) in [5, 5.41) is 13.6. The first-order chi connectivity index (χ1) is 11.6. The molecule has 2 aromatic heterocycles. The van der Waals surface area contributed by atoms with Crippen molar-refractivity contribution in [1.82, 2.24) is 30.0 Å². The number of nitrogens with zero attached hydrogens (tertiary/aromatic N) is 5. The van der Waals surface area contributed by atoms with E-state index in [0.717, 1.165) is 5.82 Å². The predicted molar refractivity (Wildman–Crippen MR) is 86.2 cm³/mol. The van der Waals surface area contributed by atoms with Crippen molar-refractivity contribution in [3.63, 3.8) is 0 Å². The van der Waals surface area contributed by atoms with Crippen LogP contribution in [0.4, 0.5) is 10.5 Å². The van der Waals surface area contributed by atoms with Gasteiger partial charge in [0.05, 0.1) is 18.4 Å². The van der Waals surface area contributed by atoms with Gasteiger partial charge in [-0.2, -0.15) is 0 Å². The maximum atomic E-state index is 12.3. The number of nitrogens with one attached hydrogen (secondary N) is 2. The summed E-state index contributed by atoms with van der Waals surface area (Å²) in [4.78, 5) is 29.7. The molecule has 3 rings (SSSR count). The lowest BCUT2D eigenvalue weighted by Crippen LogP contribution is -2.33. The van der Waals surface area contributed by atoms with Gasteiger partial charge in [-0.3, -0.25) is 9.78 Å². The molecule has 3 heterocycles. The van der Waals surface area contributed by atoms with Crippen LogP contribution < -0.4 is 10.6 Å². The Morgan fingerprint density at radius 2 is 2.21 bits per heavy atom. The molecule has 2 aromatic rings. The molecule has 126 valence electrons. The van der Waals surface area contributed by atoms with Crippen molar-refractivity contribution in [1.29, 1.82) is 0 Å². The summed E-state index contributed by atoms with van der Waals surface area (Å²) in [6.45, 7) is 0.191. The molecule has 3 amide bonds. The molecule has 9 nitrogen and oxygen atoms in total. The number of aryl methyl sites for hydroxylation is 1. The minimum absolute atomic E-state index is 0.00890. The number of hydrogen-bond donors (Lipinski definition) is 2. The summed E-state index contributed by atoms with van der Waals surface area (Å²) < 4.78 is 1.83. The van der Waals surface area contributed by atoms with Gasteiger partial charge in [0.1, 0.15) is 11.9 Å². The van der Waals surface area contributed by atoms with Gasteiger partial charge in [-0.25, -0.2) is 4.79 Å². The fourth-order valence-corrected chi connectivity index (χ4v) is 2.71. The fraction of sp³-hybridized carbons (Fsp3) is 0.400. The molecule has 0 aliphatic carbocycles. The summed E-state index contributed by atoms with van der Waals surface area (Å²) >= 11 is 0. The zero-order valence-electron chi connectivity index (χ0n) is 13.6. The molecule has 9 heteroatoms. The van der Waals surface area contributed by atoms with Gasteiger partial charge in [0.15, 0.2) is 5.82 Å². The highest BCUT2D eigenvalue weighted by Crippen LogP contribution is 2.27. The molecule has 0 aromatic carbocycles. The number of anilines is 1. The van der Waals surface area contributed by atoms with E-state index in [9.17, 15) is 9.59 Å². The molecule has 24 heavy (non-hydrogen) atoms. The number of carbonyl (C=O) groups excluding carboxylic acids is 2. The first kappa shape index (κ1) is 15.9. The van der Waals surface area contributed by atoms with Crippen molar-refractivity contribution in [3.8, 4) is 0 Å². The number of amides is 3. The topological polar surface area (TPSA) is 105 Å². The minimum Gasteiger partial charge on any atom is -0.347 e. The largest absolute Gasteiger partial charge is 0.347 e. The average Bonchev–Trinajstić information content (AvgIpc) is 3.15. The van der Waals surface area contributed by atoms with Crippen molar-refractivity contribution in [2.24, 2.45) is 0 Å². The Labute approximate surface area is 139 Å². The third-order valence-corrected chi connectivity index (χ3v) is 3.84. The minimum atomic E-state index is -0.367. The zero-order valence-corrected chi connectivity index (χ0v) is 13.6. The van der Waals surface area contributed by atoms with Crippen molar-refractivity contribution in [2.75, 3.05) is 19.4 Å². The molecule has 1 aliphatic rings. The lowest BCUT2D eigenvalue weighted by atomic mass is 10.2. The number of pyridine rings is 1. The van der Waals surface area contributed by atoms with E-state index in [1.807, 2.05) is 4.57 Å². The monoisotopic (exact) mass is 329 g/mol. The van der Waals surface area contributed by atoms with Gasteiger partial charge in [-0.15, -0.1) is 10.2 Å². The molecule has 0 saturated carbocycles. The number of rotatable bonds is 4. The molecule has 0 saturated heterocycles. The average molecular weight is 329 g/mol. The molecule has 1 unspecified atom stereocenters. The van der Waals surface area contributed by atoms with Gasteiger partial charge in [0, 0.05) is 26.7 Å². The molecule has 0 bridgehead atoms. The number of fused-ring (bicyclic) bond motifs is 1. The van der Waals surface area contributed by atoms with Crippen LogP contribution in [0.1, 0.15) is 24.1 Å². The molecule has 0 spiro atoms. The number of aromatic nitrogens is 4. The van der Waals surface area contributed by atoms with Crippen LogP contribution in [-0.2, 0) is 17.8 Å². The van der Waals surface area contributed by atoms with Gasteiger partial charge in [-0.1, -0.05) is 0 Å². The van der Waals surface area contributed by atoms with E-state index in [4.69, 9.17) is 0 Å². The number of carbonyl (C=O) groups is 2. The Morgan fingerprint density at radius 3 is 2.92 bits per heavy atom. The van der Waals surface area contributed by atoms with E-state index < -0.39 is 0 Å². The smallest absolute Gasteiger partial charge is 0.319 e. The van der Waals surface area contributed by atoms with Gasteiger partial charge < -0.3 is 20.1 Å². The van der Waals surface area contributed by atoms with Crippen LogP contribution in [0.15, 0.2) is 24.5 Å². The summed E-state index contributed by atoms with van der Waals surface area (Å²) in [6, 6.07) is 2.81. The lowest BCUT2D eigenvalue weighted by molar-refractivity contribution is -0.132. The third-order valence-electron chi connectivity index (χ3n) is 3.84. The predicted octanol–water partition coefficient (Wildman–Crippen LogP) is 0.570.